The van der Waals surface area contributed by atoms with Gasteiger partial charge in [0.05, 0.1) is 10.6 Å². The maximum absolute atomic E-state index is 12.1. The topological polar surface area (TPSA) is 66.9 Å². The number of hydrogen-bond donors (Lipinski definition) is 2. The van der Waals surface area contributed by atoms with Gasteiger partial charge in [-0.3, -0.25) is 4.79 Å². The van der Waals surface area contributed by atoms with E-state index in [9.17, 15) is 4.79 Å². The second-order valence-electron chi connectivity index (χ2n) is 4.08. The summed E-state index contributed by atoms with van der Waals surface area (Å²) in [5.41, 5.74) is 1.23. The van der Waals surface area contributed by atoms with Gasteiger partial charge in [0.25, 0.3) is 5.91 Å². The van der Waals surface area contributed by atoms with Gasteiger partial charge in [0.1, 0.15) is 11.6 Å². The molecule has 0 aromatic carbocycles. The van der Waals surface area contributed by atoms with Crippen LogP contribution in [0.1, 0.15) is 15.9 Å². The SMILES string of the molecule is CNc1ncc(C(=O)Nc2ncc(Br)cc2C)cc1Cl. The minimum absolute atomic E-state index is 0.306. The van der Waals surface area contributed by atoms with Gasteiger partial charge in [-0.15, -0.1) is 0 Å². The summed E-state index contributed by atoms with van der Waals surface area (Å²) >= 11 is 9.33. The van der Waals surface area contributed by atoms with Crippen LogP contribution in [0.2, 0.25) is 5.02 Å². The normalized spacial score (nSPS) is 10.2. The Morgan fingerprint density at radius 2 is 1.95 bits per heavy atom. The highest BCUT2D eigenvalue weighted by Gasteiger charge is 2.11. The number of aromatic nitrogens is 2. The molecular weight excluding hydrogens is 344 g/mol. The van der Waals surface area contributed by atoms with Crippen LogP contribution in [0.25, 0.3) is 0 Å². The van der Waals surface area contributed by atoms with Crippen molar-refractivity contribution in [1.82, 2.24) is 9.97 Å². The van der Waals surface area contributed by atoms with Crippen LogP contribution >= 0.6 is 27.5 Å². The molecule has 0 bridgehead atoms. The highest BCUT2D eigenvalue weighted by atomic mass is 79.9. The first-order valence-corrected chi connectivity index (χ1v) is 6.95. The molecule has 0 aliphatic carbocycles. The lowest BCUT2D eigenvalue weighted by molar-refractivity contribution is 0.102. The summed E-state index contributed by atoms with van der Waals surface area (Å²) in [6.45, 7) is 1.86. The van der Waals surface area contributed by atoms with Crippen molar-refractivity contribution in [3.8, 4) is 0 Å². The predicted molar refractivity (Wildman–Crippen MR) is 83.4 cm³/mol. The van der Waals surface area contributed by atoms with E-state index in [4.69, 9.17) is 11.6 Å². The van der Waals surface area contributed by atoms with Crippen molar-refractivity contribution >= 4 is 45.1 Å². The summed E-state index contributed by atoms with van der Waals surface area (Å²) in [6, 6.07) is 3.43. The minimum Gasteiger partial charge on any atom is -0.372 e. The van der Waals surface area contributed by atoms with Gasteiger partial charge in [0.2, 0.25) is 0 Å². The van der Waals surface area contributed by atoms with Crippen LogP contribution in [-0.4, -0.2) is 22.9 Å². The Balaban J connectivity index is 2.21. The van der Waals surface area contributed by atoms with Crippen molar-refractivity contribution in [2.24, 2.45) is 0 Å². The van der Waals surface area contributed by atoms with Crippen molar-refractivity contribution in [3.05, 3.63) is 45.1 Å². The zero-order valence-electron chi connectivity index (χ0n) is 10.9. The number of carbonyl (C=O) groups is 1. The Hall–Kier alpha value is -1.66. The van der Waals surface area contributed by atoms with Crippen LogP contribution in [0, 0.1) is 6.92 Å². The van der Waals surface area contributed by atoms with Crippen LogP contribution in [0.15, 0.2) is 29.0 Å². The van der Waals surface area contributed by atoms with Crippen molar-refractivity contribution in [2.75, 3.05) is 17.7 Å². The second kappa shape index (κ2) is 6.19. The highest BCUT2D eigenvalue weighted by Crippen LogP contribution is 2.21. The highest BCUT2D eigenvalue weighted by molar-refractivity contribution is 9.10. The fourth-order valence-electron chi connectivity index (χ4n) is 1.60. The van der Waals surface area contributed by atoms with E-state index in [0.29, 0.717) is 22.2 Å². The number of pyridine rings is 2. The van der Waals surface area contributed by atoms with E-state index in [1.54, 1.807) is 19.3 Å². The van der Waals surface area contributed by atoms with Crippen molar-refractivity contribution in [1.29, 1.82) is 0 Å². The molecule has 2 N–H and O–H groups in total. The number of nitrogens with one attached hydrogen (secondary N) is 2. The Morgan fingerprint density at radius 1 is 1.25 bits per heavy atom. The van der Waals surface area contributed by atoms with Crippen LogP contribution in [0.4, 0.5) is 11.6 Å². The van der Waals surface area contributed by atoms with E-state index in [0.717, 1.165) is 10.0 Å². The fraction of sp³-hybridized carbons (Fsp3) is 0.154. The molecule has 0 atom stereocenters. The van der Waals surface area contributed by atoms with Crippen LogP contribution in [0.5, 0.6) is 0 Å². The molecule has 1 amide bonds. The molecule has 2 heterocycles. The number of rotatable bonds is 3. The lowest BCUT2D eigenvalue weighted by Gasteiger charge is -2.08. The van der Waals surface area contributed by atoms with Crippen molar-refractivity contribution in [3.63, 3.8) is 0 Å². The fourth-order valence-corrected chi connectivity index (χ4v) is 2.30. The molecule has 5 nitrogen and oxygen atoms in total. The third-order valence-electron chi connectivity index (χ3n) is 2.62. The minimum atomic E-state index is -0.306. The van der Waals surface area contributed by atoms with Gasteiger partial charge < -0.3 is 10.6 Å². The van der Waals surface area contributed by atoms with Crippen LogP contribution in [0.3, 0.4) is 0 Å². The summed E-state index contributed by atoms with van der Waals surface area (Å²) in [5, 5.41) is 5.95. The number of anilines is 2. The van der Waals surface area contributed by atoms with E-state index < -0.39 is 0 Å². The summed E-state index contributed by atoms with van der Waals surface area (Å²) in [5.74, 6) is 0.730. The molecule has 0 unspecified atom stereocenters. The number of amides is 1. The van der Waals surface area contributed by atoms with Gasteiger partial charge in [-0.1, -0.05) is 11.6 Å². The predicted octanol–water partition coefficient (Wildman–Crippen LogP) is 3.49. The zero-order chi connectivity index (χ0) is 14.7. The average molecular weight is 356 g/mol. The van der Waals surface area contributed by atoms with Crippen LogP contribution in [-0.2, 0) is 0 Å². The molecule has 0 aliphatic rings. The standard InChI is InChI=1S/C13H12BrClN4O/c1-7-3-9(14)6-18-11(7)19-13(20)8-4-10(15)12(16-2)17-5-8/h3-6H,1-2H3,(H,16,17)(H,18,19,20). The molecule has 2 aromatic heterocycles. The average Bonchev–Trinajstić information content (AvgIpc) is 2.41. The van der Waals surface area contributed by atoms with E-state index in [2.05, 4.69) is 36.5 Å². The molecule has 20 heavy (non-hydrogen) atoms. The largest absolute Gasteiger partial charge is 0.372 e. The number of aryl methyl sites for hydroxylation is 1. The summed E-state index contributed by atoms with van der Waals surface area (Å²) in [7, 11) is 1.71. The van der Waals surface area contributed by atoms with Gasteiger partial charge >= 0.3 is 0 Å². The molecule has 7 heteroatoms. The number of halogens is 2. The Bertz CT molecular complexity index is 663. The third-order valence-corrected chi connectivity index (χ3v) is 3.34. The molecule has 0 saturated carbocycles. The molecule has 0 aliphatic heterocycles. The summed E-state index contributed by atoms with van der Waals surface area (Å²) in [4.78, 5) is 20.3. The molecule has 0 fully saturated rings. The maximum atomic E-state index is 12.1. The summed E-state index contributed by atoms with van der Waals surface area (Å²) < 4.78 is 0.857. The van der Waals surface area contributed by atoms with Gasteiger partial charge in [-0.25, -0.2) is 9.97 Å². The molecule has 0 radical (unpaired) electrons. The van der Waals surface area contributed by atoms with Crippen molar-refractivity contribution in [2.45, 2.75) is 6.92 Å². The molecule has 0 saturated heterocycles. The number of nitrogens with zero attached hydrogens (tertiary/aromatic N) is 2. The Morgan fingerprint density at radius 3 is 2.55 bits per heavy atom. The lowest BCUT2D eigenvalue weighted by Crippen LogP contribution is -2.14. The second-order valence-corrected chi connectivity index (χ2v) is 5.40. The van der Waals surface area contributed by atoms with Crippen molar-refractivity contribution < 1.29 is 4.79 Å². The zero-order valence-corrected chi connectivity index (χ0v) is 13.2. The van der Waals surface area contributed by atoms with E-state index in [-0.39, 0.29) is 5.91 Å². The molecular formula is C13H12BrClN4O. The Kier molecular flexibility index (Phi) is 4.57. The molecule has 0 spiro atoms. The first-order chi connectivity index (χ1) is 9.51. The Labute approximate surface area is 129 Å². The quantitative estimate of drug-likeness (QED) is 0.884. The van der Waals surface area contributed by atoms with Crippen LogP contribution < -0.4 is 10.6 Å². The molecule has 104 valence electrons. The number of carbonyl (C=O) groups excluding carboxylic acids is 1. The summed E-state index contributed by atoms with van der Waals surface area (Å²) in [6.07, 6.45) is 3.08. The maximum Gasteiger partial charge on any atom is 0.258 e. The van der Waals surface area contributed by atoms with Gasteiger partial charge in [0.15, 0.2) is 0 Å². The monoisotopic (exact) mass is 354 g/mol. The first-order valence-electron chi connectivity index (χ1n) is 5.78. The third kappa shape index (κ3) is 3.26. The van der Waals surface area contributed by atoms with E-state index in [1.807, 2.05) is 13.0 Å². The van der Waals surface area contributed by atoms with Gasteiger partial charge in [-0.05, 0) is 40.5 Å². The van der Waals surface area contributed by atoms with E-state index >= 15 is 0 Å². The van der Waals surface area contributed by atoms with E-state index in [1.165, 1.54) is 6.20 Å². The molecule has 2 aromatic rings. The van der Waals surface area contributed by atoms with Gasteiger partial charge in [0, 0.05) is 23.9 Å². The number of hydrogen-bond acceptors (Lipinski definition) is 4. The van der Waals surface area contributed by atoms with Gasteiger partial charge in [-0.2, -0.15) is 0 Å². The lowest BCUT2D eigenvalue weighted by atomic mass is 10.2. The molecule has 2 rings (SSSR count). The first kappa shape index (κ1) is 14.7. The smallest absolute Gasteiger partial charge is 0.258 e.